The van der Waals surface area contributed by atoms with Crippen LogP contribution in [0.1, 0.15) is 23.2 Å². The van der Waals surface area contributed by atoms with Gasteiger partial charge in [-0.3, -0.25) is 9.59 Å². The second-order valence-electron chi connectivity index (χ2n) is 6.32. The minimum atomic E-state index is -1.19. The average Bonchev–Trinajstić information content (AvgIpc) is 2.83. The van der Waals surface area contributed by atoms with Gasteiger partial charge in [0.15, 0.2) is 0 Å². The molecule has 1 N–H and O–H groups in total. The number of carboxylic acid groups (broad SMARTS) is 1. The molecule has 0 aromatic heterocycles. The zero-order valence-corrected chi connectivity index (χ0v) is 12.9. The van der Waals surface area contributed by atoms with Crippen molar-refractivity contribution in [3.8, 4) is 0 Å². The third-order valence-electron chi connectivity index (χ3n) is 5.20. The molecular formula is C17H14ClNO4. The molecule has 1 aromatic carbocycles. The number of hydrogen-bond acceptors (Lipinski definition) is 3. The van der Waals surface area contributed by atoms with Gasteiger partial charge < -0.3 is 5.11 Å². The normalized spacial score (nSPS) is 31.6. The third kappa shape index (κ3) is 1.96. The van der Waals surface area contributed by atoms with Crippen LogP contribution in [0.3, 0.4) is 0 Å². The molecule has 2 fully saturated rings. The Morgan fingerprint density at radius 2 is 1.65 bits per heavy atom. The Morgan fingerprint density at radius 3 is 2.13 bits per heavy atom. The summed E-state index contributed by atoms with van der Waals surface area (Å²) in [6.45, 7) is 0. The van der Waals surface area contributed by atoms with Crippen molar-refractivity contribution in [1.29, 1.82) is 0 Å². The molecule has 6 heteroatoms. The number of anilines is 1. The molecular weight excluding hydrogens is 318 g/mol. The van der Waals surface area contributed by atoms with Crippen LogP contribution in [0, 0.1) is 23.7 Å². The zero-order valence-electron chi connectivity index (χ0n) is 12.1. The SMILES string of the molecule is O=C(O)c1cc(N2C(=O)[C@@H]3[C@H](C2=O)[C@@H]2C=C[C@@H]3CC2)ccc1Cl. The molecule has 3 aliphatic carbocycles. The van der Waals surface area contributed by atoms with Crippen molar-refractivity contribution in [3.63, 3.8) is 0 Å². The first kappa shape index (κ1) is 14.5. The van der Waals surface area contributed by atoms with Crippen LogP contribution in [-0.2, 0) is 9.59 Å². The Labute approximate surface area is 137 Å². The van der Waals surface area contributed by atoms with Crippen LogP contribution >= 0.6 is 11.6 Å². The van der Waals surface area contributed by atoms with E-state index in [1.165, 1.54) is 18.2 Å². The van der Waals surface area contributed by atoms with E-state index < -0.39 is 5.97 Å². The summed E-state index contributed by atoms with van der Waals surface area (Å²) in [7, 11) is 0. The average molecular weight is 332 g/mol. The van der Waals surface area contributed by atoms with Crippen molar-refractivity contribution in [1.82, 2.24) is 0 Å². The van der Waals surface area contributed by atoms with Gasteiger partial charge in [-0.2, -0.15) is 0 Å². The van der Waals surface area contributed by atoms with Crippen molar-refractivity contribution < 1.29 is 19.5 Å². The number of hydrogen-bond donors (Lipinski definition) is 1. The highest BCUT2D eigenvalue weighted by molar-refractivity contribution is 6.34. The van der Waals surface area contributed by atoms with E-state index in [-0.39, 0.29) is 51.8 Å². The summed E-state index contributed by atoms with van der Waals surface area (Å²) in [5, 5.41) is 9.27. The fourth-order valence-electron chi connectivity index (χ4n) is 4.14. The van der Waals surface area contributed by atoms with Gasteiger partial charge in [0, 0.05) is 0 Å². The summed E-state index contributed by atoms with van der Waals surface area (Å²) in [5.41, 5.74) is 0.177. The highest BCUT2D eigenvalue weighted by Crippen LogP contribution is 2.50. The van der Waals surface area contributed by atoms with Gasteiger partial charge in [0.05, 0.1) is 28.1 Å². The van der Waals surface area contributed by atoms with Gasteiger partial charge in [0.2, 0.25) is 11.8 Å². The van der Waals surface area contributed by atoms with Gasteiger partial charge in [-0.1, -0.05) is 23.8 Å². The molecule has 23 heavy (non-hydrogen) atoms. The molecule has 118 valence electrons. The number of aromatic carboxylic acids is 1. The summed E-state index contributed by atoms with van der Waals surface area (Å²) >= 11 is 5.87. The first-order valence-electron chi connectivity index (χ1n) is 7.58. The maximum Gasteiger partial charge on any atom is 0.337 e. The molecule has 5 rings (SSSR count). The second-order valence-corrected chi connectivity index (χ2v) is 6.73. The Kier molecular flexibility index (Phi) is 3.10. The van der Waals surface area contributed by atoms with Crippen molar-refractivity contribution in [2.24, 2.45) is 23.7 Å². The fraction of sp³-hybridized carbons (Fsp3) is 0.353. The van der Waals surface area contributed by atoms with Crippen LogP contribution < -0.4 is 4.90 Å². The van der Waals surface area contributed by atoms with Crippen LogP contribution in [0.25, 0.3) is 0 Å². The van der Waals surface area contributed by atoms with Crippen LogP contribution in [0.15, 0.2) is 30.4 Å². The standard InChI is InChI=1S/C17H14ClNO4/c18-12-6-5-10(7-11(12)17(22)23)19-15(20)13-8-1-2-9(4-3-8)14(13)16(19)21/h1-2,5-9,13-14H,3-4H2,(H,22,23)/t8-,9-,13-,14+/m1/s1. The molecule has 1 saturated heterocycles. The van der Waals surface area contributed by atoms with Crippen molar-refractivity contribution in [2.45, 2.75) is 12.8 Å². The quantitative estimate of drug-likeness (QED) is 0.668. The van der Waals surface area contributed by atoms with Gasteiger partial charge in [-0.05, 0) is 42.9 Å². The molecule has 1 heterocycles. The smallest absolute Gasteiger partial charge is 0.337 e. The number of amides is 2. The van der Waals surface area contributed by atoms with E-state index in [1.807, 2.05) is 0 Å². The lowest BCUT2D eigenvalue weighted by Gasteiger charge is -2.38. The summed E-state index contributed by atoms with van der Waals surface area (Å²) in [6.07, 6.45) is 5.95. The van der Waals surface area contributed by atoms with Gasteiger partial charge in [-0.15, -0.1) is 0 Å². The first-order chi connectivity index (χ1) is 11.0. The van der Waals surface area contributed by atoms with E-state index in [4.69, 9.17) is 11.6 Å². The molecule has 2 bridgehead atoms. The number of carboxylic acids is 1. The number of rotatable bonds is 2. The van der Waals surface area contributed by atoms with Crippen LogP contribution in [0.5, 0.6) is 0 Å². The third-order valence-corrected chi connectivity index (χ3v) is 5.53. The lowest BCUT2D eigenvalue weighted by atomic mass is 9.63. The molecule has 0 radical (unpaired) electrons. The Balaban J connectivity index is 1.76. The lowest BCUT2D eigenvalue weighted by Crippen LogP contribution is -2.38. The van der Waals surface area contributed by atoms with E-state index >= 15 is 0 Å². The van der Waals surface area contributed by atoms with Crippen molar-refractivity contribution in [3.05, 3.63) is 40.9 Å². The van der Waals surface area contributed by atoms with Gasteiger partial charge in [0.25, 0.3) is 0 Å². The molecule has 0 unspecified atom stereocenters. The zero-order chi connectivity index (χ0) is 16.3. The number of imide groups is 1. The van der Waals surface area contributed by atoms with E-state index in [1.54, 1.807) is 0 Å². The van der Waals surface area contributed by atoms with Crippen molar-refractivity contribution >= 4 is 35.1 Å². The molecule has 1 saturated carbocycles. The maximum absolute atomic E-state index is 12.8. The highest BCUT2D eigenvalue weighted by atomic mass is 35.5. The molecule has 5 nitrogen and oxygen atoms in total. The number of halogens is 1. The first-order valence-corrected chi connectivity index (χ1v) is 7.96. The second kappa shape index (κ2) is 4.93. The van der Waals surface area contributed by atoms with Crippen LogP contribution in [0.4, 0.5) is 5.69 Å². The highest BCUT2D eigenvalue weighted by Gasteiger charge is 2.56. The number of benzene rings is 1. The Hall–Kier alpha value is -2.14. The summed E-state index contributed by atoms with van der Waals surface area (Å²) in [4.78, 5) is 38.0. The summed E-state index contributed by atoms with van der Waals surface area (Å²) in [5.74, 6) is -2.04. The summed E-state index contributed by atoms with van der Waals surface area (Å²) in [6, 6.07) is 4.24. The van der Waals surface area contributed by atoms with Gasteiger partial charge in [-0.25, -0.2) is 9.69 Å². The number of fused-ring (bicyclic) bond motifs is 1. The maximum atomic E-state index is 12.8. The minimum Gasteiger partial charge on any atom is -0.478 e. The molecule has 4 atom stereocenters. The Morgan fingerprint density at radius 1 is 1.09 bits per heavy atom. The van der Waals surface area contributed by atoms with E-state index in [0.29, 0.717) is 0 Å². The van der Waals surface area contributed by atoms with Crippen LogP contribution in [-0.4, -0.2) is 22.9 Å². The summed E-state index contributed by atoms with van der Waals surface area (Å²) < 4.78 is 0. The van der Waals surface area contributed by atoms with Gasteiger partial charge >= 0.3 is 5.97 Å². The molecule has 4 aliphatic rings. The number of carbonyl (C=O) groups excluding carboxylic acids is 2. The number of carbonyl (C=O) groups is 3. The molecule has 1 aliphatic heterocycles. The lowest BCUT2D eigenvalue weighted by molar-refractivity contribution is -0.124. The molecule has 1 aromatic rings. The number of nitrogens with zero attached hydrogens (tertiary/aromatic N) is 1. The topological polar surface area (TPSA) is 74.7 Å². The van der Waals surface area contributed by atoms with E-state index in [2.05, 4.69) is 12.2 Å². The van der Waals surface area contributed by atoms with E-state index in [9.17, 15) is 19.5 Å². The Bertz CT molecular complexity index is 740. The number of allylic oxidation sites excluding steroid dienone is 2. The predicted molar refractivity (Wildman–Crippen MR) is 83.2 cm³/mol. The predicted octanol–water partition coefficient (Wildman–Crippen LogP) is 2.74. The fourth-order valence-corrected chi connectivity index (χ4v) is 4.34. The molecule has 0 spiro atoms. The monoisotopic (exact) mass is 331 g/mol. The largest absolute Gasteiger partial charge is 0.478 e. The minimum absolute atomic E-state index is 0.0829. The van der Waals surface area contributed by atoms with Crippen molar-refractivity contribution in [2.75, 3.05) is 4.90 Å². The van der Waals surface area contributed by atoms with Gasteiger partial charge in [0.1, 0.15) is 0 Å². The van der Waals surface area contributed by atoms with Crippen LogP contribution in [0.2, 0.25) is 5.02 Å². The van der Waals surface area contributed by atoms with E-state index in [0.717, 1.165) is 17.7 Å². The molecule has 2 amide bonds.